The van der Waals surface area contributed by atoms with Crippen molar-refractivity contribution < 1.29 is 9.59 Å². The Balaban J connectivity index is 1.65. The number of piperidine rings is 2. The van der Waals surface area contributed by atoms with Crippen LogP contribution in [-0.2, 0) is 4.79 Å². The van der Waals surface area contributed by atoms with Crippen molar-refractivity contribution in [2.75, 3.05) is 26.2 Å². The highest BCUT2D eigenvalue weighted by Gasteiger charge is 2.38. The fourth-order valence-electron chi connectivity index (χ4n) is 3.95. The van der Waals surface area contributed by atoms with Gasteiger partial charge in [-0.3, -0.25) is 9.59 Å². The summed E-state index contributed by atoms with van der Waals surface area (Å²) in [7, 11) is 0. The molecule has 5 nitrogen and oxygen atoms in total. The van der Waals surface area contributed by atoms with Gasteiger partial charge in [0.1, 0.15) is 0 Å². The molecule has 5 heteroatoms. The maximum absolute atomic E-state index is 13.0. The summed E-state index contributed by atoms with van der Waals surface area (Å²) in [4.78, 5) is 29.5. The molecule has 0 bridgehead atoms. The zero-order valence-corrected chi connectivity index (χ0v) is 15.3. The van der Waals surface area contributed by atoms with Gasteiger partial charge >= 0.3 is 0 Å². The van der Waals surface area contributed by atoms with Gasteiger partial charge in [0.05, 0.1) is 5.92 Å². The zero-order valence-electron chi connectivity index (χ0n) is 15.3. The van der Waals surface area contributed by atoms with Gasteiger partial charge in [-0.25, -0.2) is 0 Å². The Bertz CT molecular complexity index is 629. The van der Waals surface area contributed by atoms with Gasteiger partial charge in [0, 0.05) is 37.8 Å². The summed E-state index contributed by atoms with van der Waals surface area (Å²) < 4.78 is 0. The van der Waals surface area contributed by atoms with E-state index in [9.17, 15) is 9.59 Å². The Morgan fingerprint density at radius 2 is 1.80 bits per heavy atom. The molecule has 3 rings (SSSR count). The summed E-state index contributed by atoms with van der Waals surface area (Å²) in [6.07, 6.45) is 2.59. The van der Waals surface area contributed by atoms with Gasteiger partial charge in [-0.1, -0.05) is 32.0 Å². The molecule has 136 valence electrons. The summed E-state index contributed by atoms with van der Waals surface area (Å²) in [5, 5.41) is 0. The molecule has 2 heterocycles. The molecule has 2 atom stereocenters. The minimum Gasteiger partial charge on any atom is -0.342 e. The number of hydrogen-bond donors (Lipinski definition) is 1. The van der Waals surface area contributed by atoms with Gasteiger partial charge in [-0.15, -0.1) is 0 Å². The monoisotopic (exact) mass is 343 g/mol. The van der Waals surface area contributed by atoms with E-state index in [2.05, 4.69) is 13.8 Å². The highest BCUT2D eigenvalue weighted by molar-refractivity contribution is 5.94. The van der Waals surface area contributed by atoms with Crippen LogP contribution >= 0.6 is 0 Å². The molecule has 2 aliphatic rings. The first-order valence-corrected chi connectivity index (χ1v) is 9.27. The summed E-state index contributed by atoms with van der Waals surface area (Å²) in [6, 6.07) is 9.46. The van der Waals surface area contributed by atoms with Gasteiger partial charge < -0.3 is 15.5 Å². The highest BCUT2D eigenvalue weighted by atomic mass is 16.2. The second-order valence-electron chi connectivity index (χ2n) is 8.10. The molecule has 2 unspecified atom stereocenters. The normalized spacial score (nSPS) is 26.4. The molecular weight excluding hydrogens is 314 g/mol. The number of rotatable bonds is 2. The van der Waals surface area contributed by atoms with Crippen molar-refractivity contribution >= 4 is 11.8 Å². The topological polar surface area (TPSA) is 66.6 Å². The van der Waals surface area contributed by atoms with Crippen LogP contribution in [0.3, 0.4) is 0 Å². The second-order valence-corrected chi connectivity index (χ2v) is 8.10. The van der Waals surface area contributed by atoms with Crippen molar-refractivity contribution in [2.45, 2.75) is 39.2 Å². The smallest absolute Gasteiger partial charge is 0.253 e. The molecule has 0 spiro atoms. The molecule has 0 aliphatic carbocycles. The minimum absolute atomic E-state index is 0.0269. The van der Waals surface area contributed by atoms with Crippen molar-refractivity contribution in [3.8, 4) is 0 Å². The summed E-state index contributed by atoms with van der Waals surface area (Å²) in [5.74, 6) is 0.121. The molecule has 2 fully saturated rings. The van der Waals surface area contributed by atoms with Gasteiger partial charge in [0.2, 0.25) is 5.91 Å². The molecule has 1 aromatic rings. The number of nitrogens with two attached hydrogens (primary N) is 1. The van der Waals surface area contributed by atoms with E-state index < -0.39 is 0 Å². The predicted octanol–water partition coefficient (Wildman–Crippen LogP) is 2.12. The van der Waals surface area contributed by atoms with Crippen molar-refractivity contribution in [1.82, 2.24) is 9.80 Å². The number of likely N-dealkylation sites (tertiary alicyclic amines) is 2. The molecule has 2 saturated heterocycles. The van der Waals surface area contributed by atoms with Crippen molar-refractivity contribution in [1.29, 1.82) is 0 Å². The van der Waals surface area contributed by atoms with E-state index in [4.69, 9.17) is 5.73 Å². The van der Waals surface area contributed by atoms with Gasteiger partial charge in [0.15, 0.2) is 0 Å². The molecule has 0 aromatic heterocycles. The lowest BCUT2D eigenvalue weighted by Crippen LogP contribution is -2.56. The van der Waals surface area contributed by atoms with Crippen molar-refractivity contribution in [3.05, 3.63) is 35.9 Å². The predicted molar refractivity (Wildman–Crippen MR) is 98.0 cm³/mol. The van der Waals surface area contributed by atoms with Crippen molar-refractivity contribution in [2.24, 2.45) is 17.1 Å². The fourth-order valence-corrected chi connectivity index (χ4v) is 3.95. The summed E-state index contributed by atoms with van der Waals surface area (Å²) in [5.41, 5.74) is 6.83. The molecule has 25 heavy (non-hydrogen) atoms. The van der Waals surface area contributed by atoms with Gasteiger partial charge in [0.25, 0.3) is 5.91 Å². The van der Waals surface area contributed by atoms with Crippen LogP contribution in [0.25, 0.3) is 0 Å². The molecule has 2 aliphatic heterocycles. The maximum Gasteiger partial charge on any atom is 0.253 e. The average Bonchev–Trinajstić information content (AvgIpc) is 2.63. The molecular formula is C20H29N3O2. The number of benzene rings is 1. The molecule has 2 N–H and O–H groups in total. The third-order valence-corrected chi connectivity index (χ3v) is 5.70. The van der Waals surface area contributed by atoms with Gasteiger partial charge in [-0.2, -0.15) is 0 Å². The number of amides is 2. The van der Waals surface area contributed by atoms with E-state index in [0.29, 0.717) is 18.7 Å². The Labute approximate surface area is 150 Å². The lowest BCUT2D eigenvalue weighted by Gasteiger charge is -2.44. The van der Waals surface area contributed by atoms with E-state index in [-0.39, 0.29) is 29.2 Å². The van der Waals surface area contributed by atoms with Crippen LogP contribution in [0, 0.1) is 11.3 Å². The number of nitrogens with zero attached hydrogens (tertiary/aromatic N) is 2. The molecule has 1 aromatic carbocycles. The van der Waals surface area contributed by atoms with E-state index in [1.807, 2.05) is 40.1 Å². The third kappa shape index (κ3) is 3.87. The van der Waals surface area contributed by atoms with Gasteiger partial charge in [-0.05, 0) is 36.8 Å². The molecule has 0 saturated carbocycles. The van der Waals surface area contributed by atoms with Crippen LogP contribution in [0.5, 0.6) is 0 Å². The Kier molecular flexibility index (Phi) is 5.13. The van der Waals surface area contributed by atoms with Crippen LogP contribution in [0.1, 0.15) is 43.5 Å². The van der Waals surface area contributed by atoms with Crippen LogP contribution in [-0.4, -0.2) is 53.8 Å². The quantitative estimate of drug-likeness (QED) is 0.894. The number of carbonyl (C=O) groups is 2. The Morgan fingerprint density at radius 1 is 1.08 bits per heavy atom. The highest BCUT2D eigenvalue weighted by Crippen LogP contribution is 2.30. The lowest BCUT2D eigenvalue weighted by molar-refractivity contribution is -0.140. The SMILES string of the molecule is CC1(C)CN(C(=O)C2CCCN(C(=O)c3ccccc3)C2)CCC1N. The van der Waals surface area contributed by atoms with Crippen LogP contribution in [0.4, 0.5) is 0 Å². The largest absolute Gasteiger partial charge is 0.342 e. The Morgan fingerprint density at radius 3 is 2.48 bits per heavy atom. The third-order valence-electron chi connectivity index (χ3n) is 5.70. The minimum atomic E-state index is -0.0912. The number of carbonyl (C=O) groups excluding carboxylic acids is 2. The van der Waals surface area contributed by atoms with E-state index in [1.165, 1.54) is 0 Å². The summed E-state index contributed by atoms with van der Waals surface area (Å²) >= 11 is 0. The van der Waals surface area contributed by atoms with Crippen LogP contribution < -0.4 is 5.73 Å². The van der Waals surface area contributed by atoms with E-state index >= 15 is 0 Å². The molecule has 2 amide bonds. The average molecular weight is 343 g/mol. The first kappa shape index (κ1) is 17.9. The summed E-state index contributed by atoms with van der Waals surface area (Å²) in [6.45, 7) is 6.94. The Hall–Kier alpha value is -1.88. The lowest BCUT2D eigenvalue weighted by atomic mass is 9.79. The standard InChI is InChI=1S/C20H29N3O2/c1-20(2)14-23(12-10-17(20)21)19(25)16-9-6-11-22(13-16)18(24)15-7-4-3-5-8-15/h3-5,7-8,16-17H,6,9-14,21H2,1-2H3. The van der Waals surface area contributed by atoms with E-state index in [0.717, 1.165) is 32.4 Å². The van der Waals surface area contributed by atoms with Crippen LogP contribution in [0.2, 0.25) is 0 Å². The zero-order chi connectivity index (χ0) is 18.0. The van der Waals surface area contributed by atoms with Crippen molar-refractivity contribution in [3.63, 3.8) is 0 Å². The maximum atomic E-state index is 13.0. The number of hydrogen-bond acceptors (Lipinski definition) is 3. The molecule has 0 radical (unpaired) electrons. The second kappa shape index (κ2) is 7.16. The van der Waals surface area contributed by atoms with E-state index in [1.54, 1.807) is 0 Å². The first-order chi connectivity index (χ1) is 11.9. The fraction of sp³-hybridized carbons (Fsp3) is 0.600. The van der Waals surface area contributed by atoms with Crippen LogP contribution in [0.15, 0.2) is 30.3 Å². The first-order valence-electron chi connectivity index (χ1n) is 9.27.